The summed E-state index contributed by atoms with van der Waals surface area (Å²) in [5.41, 5.74) is 1.57. The minimum absolute atomic E-state index is 0.227. The van der Waals surface area contributed by atoms with Crippen LogP contribution < -0.4 is 5.32 Å². The van der Waals surface area contributed by atoms with Crippen LogP contribution >= 0.6 is 0 Å². The van der Waals surface area contributed by atoms with Gasteiger partial charge in [-0.2, -0.15) is 5.10 Å². The Morgan fingerprint density at radius 2 is 2.04 bits per heavy atom. The van der Waals surface area contributed by atoms with Crippen molar-refractivity contribution in [1.29, 1.82) is 0 Å². The number of benzene rings is 1. The van der Waals surface area contributed by atoms with Gasteiger partial charge >= 0.3 is 6.09 Å². The molecule has 7 nitrogen and oxygen atoms in total. The lowest BCUT2D eigenvalue weighted by atomic mass is 10.0. The monoisotopic (exact) mass is 374 g/mol. The van der Waals surface area contributed by atoms with E-state index in [-0.39, 0.29) is 12.2 Å². The van der Waals surface area contributed by atoms with Crippen molar-refractivity contribution in [1.82, 2.24) is 14.7 Å². The van der Waals surface area contributed by atoms with Crippen molar-refractivity contribution in [3.05, 3.63) is 47.0 Å². The summed E-state index contributed by atoms with van der Waals surface area (Å²) in [5, 5.41) is 6.97. The van der Waals surface area contributed by atoms with E-state index in [4.69, 9.17) is 4.74 Å². The molecule has 1 aromatic heterocycles. The normalized spacial score (nSPS) is 13.9. The fourth-order valence-electron chi connectivity index (χ4n) is 3.01. The van der Waals surface area contributed by atoms with Gasteiger partial charge in [0.15, 0.2) is 5.69 Å². The molecule has 0 unspecified atom stereocenters. The molecule has 2 amide bonds. The van der Waals surface area contributed by atoms with Crippen LogP contribution in [0.5, 0.6) is 0 Å². The molecule has 0 spiro atoms. The van der Waals surface area contributed by atoms with E-state index in [1.807, 2.05) is 20.8 Å². The lowest BCUT2D eigenvalue weighted by Crippen LogP contribution is -2.40. The van der Waals surface area contributed by atoms with Crippen LogP contribution in [0.3, 0.4) is 0 Å². The molecule has 0 bridgehead atoms. The van der Waals surface area contributed by atoms with E-state index >= 15 is 0 Å². The number of anilines is 1. The molecule has 8 heteroatoms. The van der Waals surface area contributed by atoms with Crippen molar-refractivity contribution >= 4 is 17.7 Å². The average molecular weight is 374 g/mol. The smallest absolute Gasteiger partial charge is 0.410 e. The number of hydrogen-bond donors (Lipinski definition) is 1. The summed E-state index contributed by atoms with van der Waals surface area (Å²) in [4.78, 5) is 26.6. The summed E-state index contributed by atoms with van der Waals surface area (Å²) in [6.45, 7) is 6.16. The molecule has 0 aliphatic carbocycles. The van der Waals surface area contributed by atoms with Crippen molar-refractivity contribution < 1.29 is 18.7 Å². The Balaban J connectivity index is 1.81. The number of fused-ring (bicyclic) bond motifs is 1. The molecular weight excluding hydrogens is 351 g/mol. The van der Waals surface area contributed by atoms with Crippen LogP contribution in [0.4, 0.5) is 14.9 Å². The summed E-state index contributed by atoms with van der Waals surface area (Å²) in [7, 11) is 1.76. The second kappa shape index (κ2) is 7.02. The van der Waals surface area contributed by atoms with Crippen LogP contribution in [0.2, 0.25) is 0 Å². The SMILES string of the molecule is Cn1nc(C(=O)Nc2cccc(F)c2)c2c1CCN(C(=O)OC(C)(C)C)C2. The van der Waals surface area contributed by atoms with Crippen LogP contribution in [0.15, 0.2) is 24.3 Å². The molecule has 0 fully saturated rings. The molecule has 1 N–H and O–H groups in total. The Hall–Kier alpha value is -2.90. The molecule has 3 rings (SSSR count). The Kier molecular flexibility index (Phi) is 4.91. The standard InChI is InChI=1S/C19H23FN4O3/c1-19(2,3)27-18(26)24-9-8-15-14(11-24)16(22-23(15)4)17(25)21-13-7-5-6-12(20)10-13/h5-7,10H,8-9,11H2,1-4H3,(H,21,25). The van der Waals surface area contributed by atoms with E-state index in [1.165, 1.54) is 18.2 Å². The van der Waals surface area contributed by atoms with E-state index < -0.39 is 23.4 Å². The first-order chi connectivity index (χ1) is 12.6. The van der Waals surface area contributed by atoms with Gasteiger partial charge in [-0.25, -0.2) is 9.18 Å². The third-order valence-corrected chi connectivity index (χ3v) is 4.19. The maximum absolute atomic E-state index is 13.3. The highest BCUT2D eigenvalue weighted by Gasteiger charge is 2.31. The summed E-state index contributed by atoms with van der Waals surface area (Å²) in [6.07, 6.45) is 0.152. The number of rotatable bonds is 2. The highest BCUT2D eigenvalue weighted by molar-refractivity contribution is 6.04. The van der Waals surface area contributed by atoms with E-state index in [0.717, 1.165) is 5.69 Å². The summed E-state index contributed by atoms with van der Waals surface area (Å²) >= 11 is 0. The number of carbonyl (C=O) groups excluding carboxylic acids is 2. The third kappa shape index (κ3) is 4.27. The summed E-state index contributed by atoms with van der Waals surface area (Å²) < 4.78 is 20.4. The van der Waals surface area contributed by atoms with E-state index in [9.17, 15) is 14.0 Å². The van der Waals surface area contributed by atoms with Crippen molar-refractivity contribution in [2.24, 2.45) is 7.05 Å². The zero-order valence-corrected chi connectivity index (χ0v) is 15.9. The molecule has 2 aromatic rings. The third-order valence-electron chi connectivity index (χ3n) is 4.19. The zero-order chi connectivity index (χ0) is 19.8. The molecule has 0 radical (unpaired) electrons. The first-order valence-electron chi connectivity index (χ1n) is 8.73. The second-order valence-corrected chi connectivity index (χ2v) is 7.51. The number of nitrogens with one attached hydrogen (secondary N) is 1. The van der Waals surface area contributed by atoms with Crippen LogP contribution in [0, 0.1) is 5.82 Å². The fourth-order valence-corrected chi connectivity index (χ4v) is 3.01. The predicted molar refractivity (Wildman–Crippen MR) is 97.9 cm³/mol. The van der Waals surface area contributed by atoms with Crippen LogP contribution in [0.1, 0.15) is 42.5 Å². The topological polar surface area (TPSA) is 76.5 Å². The Morgan fingerprint density at radius 3 is 2.70 bits per heavy atom. The Morgan fingerprint density at radius 1 is 1.30 bits per heavy atom. The van der Waals surface area contributed by atoms with E-state index in [0.29, 0.717) is 24.2 Å². The van der Waals surface area contributed by atoms with Gasteiger partial charge in [-0.1, -0.05) is 6.07 Å². The molecule has 1 aromatic carbocycles. The van der Waals surface area contributed by atoms with Crippen LogP contribution in [-0.4, -0.2) is 38.8 Å². The van der Waals surface area contributed by atoms with Gasteiger partial charge in [0.2, 0.25) is 0 Å². The summed E-state index contributed by atoms with van der Waals surface area (Å²) in [5.74, 6) is -0.879. The summed E-state index contributed by atoms with van der Waals surface area (Å²) in [6, 6.07) is 5.66. The number of nitrogens with zero attached hydrogens (tertiary/aromatic N) is 3. The predicted octanol–water partition coefficient (Wildman–Crippen LogP) is 3.10. The number of hydrogen-bond acceptors (Lipinski definition) is 4. The molecule has 0 saturated carbocycles. The van der Waals surface area contributed by atoms with Gasteiger partial charge in [-0.3, -0.25) is 9.48 Å². The molecule has 0 saturated heterocycles. The van der Waals surface area contributed by atoms with Crippen molar-refractivity contribution in [2.75, 3.05) is 11.9 Å². The lowest BCUT2D eigenvalue weighted by Gasteiger charge is -2.30. The highest BCUT2D eigenvalue weighted by atomic mass is 19.1. The van der Waals surface area contributed by atoms with Gasteiger partial charge in [0.1, 0.15) is 11.4 Å². The molecule has 27 heavy (non-hydrogen) atoms. The van der Waals surface area contributed by atoms with Crippen molar-refractivity contribution in [3.63, 3.8) is 0 Å². The Bertz CT molecular complexity index is 886. The fraction of sp³-hybridized carbons (Fsp3) is 0.421. The number of aryl methyl sites for hydroxylation is 1. The number of aromatic nitrogens is 2. The van der Waals surface area contributed by atoms with E-state index in [2.05, 4.69) is 10.4 Å². The average Bonchev–Trinajstić information content (AvgIpc) is 2.90. The minimum atomic E-state index is -0.593. The number of carbonyl (C=O) groups is 2. The van der Waals surface area contributed by atoms with Crippen LogP contribution in [-0.2, 0) is 24.8 Å². The van der Waals surface area contributed by atoms with Gasteiger partial charge in [-0.05, 0) is 39.0 Å². The molecule has 144 valence electrons. The number of amides is 2. The number of ether oxygens (including phenoxy) is 1. The first kappa shape index (κ1) is 18.9. The van der Waals surface area contributed by atoms with Crippen LogP contribution in [0.25, 0.3) is 0 Å². The lowest BCUT2D eigenvalue weighted by molar-refractivity contribution is 0.0222. The van der Waals surface area contributed by atoms with Gasteiger partial charge in [-0.15, -0.1) is 0 Å². The first-order valence-corrected chi connectivity index (χ1v) is 8.73. The molecule has 2 heterocycles. The molecule has 0 atom stereocenters. The molecule has 1 aliphatic heterocycles. The maximum Gasteiger partial charge on any atom is 0.410 e. The Labute approximate surface area is 157 Å². The van der Waals surface area contributed by atoms with Gasteiger partial charge < -0.3 is 15.0 Å². The highest BCUT2D eigenvalue weighted by Crippen LogP contribution is 2.24. The van der Waals surface area contributed by atoms with E-state index in [1.54, 1.807) is 22.7 Å². The maximum atomic E-state index is 13.3. The largest absolute Gasteiger partial charge is 0.444 e. The molecular formula is C19H23FN4O3. The van der Waals surface area contributed by atoms with Gasteiger partial charge in [0.05, 0.1) is 6.54 Å². The minimum Gasteiger partial charge on any atom is -0.444 e. The molecule has 1 aliphatic rings. The van der Waals surface area contributed by atoms with Gasteiger partial charge in [0.25, 0.3) is 5.91 Å². The van der Waals surface area contributed by atoms with Crippen molar-refractivity contribution in [2.45, 2.75) is 39.3 Å². The second-order valence-electron chi connectivity index (χ2n) is 7.51. The van der Waals surface area contributed by atoms with Gasteiger partial charge in [0, 0.05) is 37.0 Å². The number of halogens is 1. The quantitative estimate of drug-likeness (QED) is 0.876. The van der Waals surface area contributed by atoms with Crippen molar-refractivity contribution in [3.8, 4) is 0 Å². The zero-order valence-electron chi connectivity index (χ0n) is 15.9.